The molecular weight excluding hydrogens is 311 g/mol. The van der Waals surface area contributed by atoms with Crippen LogP contribution in [0, 0.1) is 17.1 Å². The zero-order valence-corrected chi connectivity index (χ0v) is 13.0. The molecule has 0 aliphatic rings. The van der Waals surface area contributed by atoms with Crippen LogP contribution in [0.2, 0.25) is 0 Å². The van der Waals surface area contributed by atoms with E-state index in [2.05, 4.69) is 5.32 Å². The third-order valence-electron chi connectivity index (χ3n) is 3.34. The molecule has 0 saturated heterocycles. The van der Waals surface area contributed by atoms with Gasteiger partial charge in [0, 0.05) is 12.1 Å². The van der Waals surface area contributed by atoms with Crippen molar-refractivity contribution in [1.82, 2.24) is 5.32 Å². The van der Waals surface area contributed by atoms with Gasteiger partial charge >= 0.3 is 0 Å². The van der Waals surface area contributed by atoms with Gasteiger partial charge in [-0.2, -0.15) is 5.26 Å². The fourth-order valence-corrected chi connectivity index (χ4v) is 2.17. The van der Waals surface area contributed by atoms with Crippen LogP contribution in [0.4, 0.5) is 4.39 Å². The maximum atomic E-state index is 13.3. The van der Waals surface area contributed by atoms with Gasteiger partial charge in [0.15, 0.2) is 6.61 Å². The number of benzene rings is 2. The maximum Gasteiger partial charge on any atom is 0.224 e. The van der Waals surface area contributed by atoms with Crippen molar-refractivity contribution in [1.29, 1.82) is 5.26 Å². The van der Waals surface area contributed by atoms with E-state index in [-0.39, 0.29) is 37.6 Å². The predicted octanol–water partition coefficient (Wildman–Crippen LogP) is 2.08. The number of halogens is 1. The monoisotopic (exact) mass is 328 g/mol. The standard InChI is InChI=1S/C18H17FN2O3/c19-17-5-4-14(8-15(17)12-22)11-21-18(23)10-13-2-1-3-16(9-13)24-7-6-20/h1-5,8-9,22H,7,10-12H2,(H,21,23). The highest BCUT2D eigenvalue weighted by atomic mass is 19.1. The number of nitrogens with zero attached hydrogens (tertiary/aromatic N) is 1. The minimum atomic E-state index is -0.471. The van der Waals surface area contributed by atoms with Crippen LogP contribution in [-0.4, -0.2) is 17.6 Å². The molecule has 1 amide bonds. The Morgan fingerprint density at radius 3 is 2.83 bits per heavy atom. The van der Waals surface area contributed by atoms with Crippen molar-refractivity contribution in [2.24, 2.45) is 0 Å². The van der Waals surface area contributed by atoms with Crippen LogP contribution in [0.3, 0.4) is 0 Å². The van der Waals surface area contributed by atoms with Crippen LogP contribution < -0.4 is 10.1 Å². The van der Waals surface area contributed by atoms with E-state index in [1.807, 2.05) is 6.07 Å². The Kier molecular flexibility index (Phi) is 6.29. The first-order valence-corrected chi connectivity index (χ1v) is 7.36. The highest BCUT2D eigenvalue weighted by Crippen LogP contribution is 2.14. The average molecular weight is 328 g/mol. The molecule has 5 nitrogen and oxygen atoms in total. The van der Waals surface area contributed by atoms with Gasteiger partial charge in [0.25, 0.3) is 0 Å². The molecular formula is C18H17FN2O3. The molecule has 0 fully saturated rings. The van der Waals surface area contributed by atoms with Crippen molar-refractivity contribution in [3.63, 3.8) is 0 Å². The number of hydrogen-bond donors (Lipinski definition) is 2. The normalized spacial score (nSPS) is 10.0. The fraction of sp³-hybridized carbons (Fsp3) is 0.222. The zero-order valence-electron chi connectivity index (χ0n) is 13.0. The van der Waals surface area contributed by atoms with Gasteiger partial charge in [0.2, 0.25) is 5.91 Å². The van der Waals surface area contributed by atoms with Gasteiger partial charge in [0.05, 0.1) is 13.0 Å². The number of ether oxygens (including phenoxy) is 1. The fourth-order valence-electron chi connectivity index (χ4n) is 2.17. The summed E-state index contributed by atoms with van der Waals surface area (Å²) in [7, 11) is 0. The van der Waals surface area contributed by atoms with Gasteiger partial charge in [-0.1, -0.05) is 18.2 Å². The van der Waals surface area contributed by atoms with E-state index >= 15 is 0 Å². The highest BCUT2D eigenvalue weighted by molar-refractivity contribution is 5.78. The molecule has 2 rings (SSSR count). The average Bonchev–Trinajstić information content (AvgIpc) is 2.59. The molecule has 0 bridgehead atoms. The number of hydrogen-bond acceptors (Lipinski definition) is 4. The number of nitriles is 1. The van der Waals surface area contributed by atoms with Gasteiger partial charge in [-0.15, -0.1) is 0 Å². The number of carbonyl (C=O) groups is 1. The van der Waals surface area contributed by atoms with Crippen molar-refractivity contribution < 1.29 is 19.0 Å². The summed E-state index contributed by atoms with van der Waals surface area (Å²) in [5, 5.41) is 20.3. The predicted molar refractivity (Wildman–Crippen MR) is 85.4 cm³/mol. The summed E-state index contributed by atoms with van der Waals surface area (Å²) in [5.41, 5.74) is 1.67. The van der Waals surface area contributed by atoms with Gasteiger partial charge in [0.1, 0.15) is 17.6 Å². The Morgan fingerprint density at radius 2 is 2.08 bits per heavy atom. The largest absolute Gasteiger partial charge is 0.479 e. The van der Waals surface area contributed by atoms with E-state index in [1.165, 1.54) is 12.1 Å². The second-order valence-corrected chi connectivity index (χ2v) is 5.13. The lowest BCUT2D eigenvalue weighted by Gasteiger charge is -2.08. The molecule has 2 aromatic rings. The Bertz CT molecular complexity index is 756. The van der Waals surface area contributed by atoms with Crippen molar-refractivity contribution in [2.45, 2.75) is 19.6 Å². The van der Waals surface area contributed by atoms with Crippen LogP contribution in [-0.2, 0) is 24.4 Å². The van der Waals surface area contributed by atoms with Crippen molar-refractivity contribution in [3.8, 4) is 11.8 Å². The van der Waals surface area contributed by atoms with Gasteiger partial charge < -0.3 is 15.2 Å². The molecule has 124 valence electrons. The molecule has 0 spiro atoms. The lowest BCUT2D eigenvalue weighted by molar-refractivity contribution is -0.120. The van der Waals surface area contributed by atoms with E-state index in [4.69, 9.17) is 15.1 Å². The zero-order chi connectivity index (χ0) is 17.4. The number of carbonyl (C=O) groups excluding carboxylic acids is 1. The summed E-state index contributed by atoms with van der Waals surface area (Å²) < 4.78 is 18.5. The van der Waals surface area contributed by atoms with E-state index in [1.54, 1.807) is 30.3 Å². The molecule has 0 atom stereocenters. The molecule has 0 unspecified atom stereocenters. The highest BCUT2D eigenvalue weighted by Gasteiger charge is 2.07. The number of amides is 1. The third kappa shape index (κ3) is 5.07. The smallest absolute Gasteiger partial charge is 0.224 e. The molecule has 0 heterocycles. The molecule has 0 radical (unpaired) electrons. The van der Waals surface area contributed by atoms with E-state index in [9.17, 15) is 9.18 Å². The summed E-state index contributed by atoms with van der Waals surface area (Å²) in [6.45, 7) is -0.187. The molecule has 0 aromatic heterocycles. The van der Waals surface area contributed by atoms with Crippen LogP contribution in [0.5, 0.6) is 5.75 Å². The topological polar surface area (TPSA) is 82.3 Å². The minimum absolute atomic E-state index is 0.0482. The van der Waals surface area contributed by atoms with Crippen molar-refractivity contribution in [2.75, 3.05) is 6.61 Å². The lowest BCUT2D eigenvalue weighted by atomic mass is 10.1. The summed E-state index contributed by atoms with van der Waals surface area (Å²) in [6.07, 6.45) is 0.164. The second-order valence-electron chi connectivity index (χ2n) is 5.13. The number of nitrogens with one attached hydrogen (secondary N) is 1. The molecule has 2 aromatic carbocycles. The maximum absolute atomic E-state index is 13.3. The van der Waals surface area contributed by atoms with Gasteiger partial charge in [-0.25, -0.2) is 4.39 Å². The molecule has 24 heavy (non-hydrogen) atoms. The summed E-state index contributed by atoms with van der Waals surface area (Å²) in [4.78, 5) is 12.0. The summed E-state index contributed by atoms with van der Waals surface area (Å²) >= 11 is 0. The van der Waals surface area contributed by atoms with Crippen LogP contribution in [0.15, 0.2) is 42.5 Å². The van der Waals surface area contributed by atoms with Crippen molar-refractivity contribution >= 4 is 5.91 Å². The summed E-state index contributed by atoms with van der Waals surface area (Å²) in [5.74, 6) is -0.128. The first-order chi connectivity index (χ1) is 11.6. The van der Waals surface area contributed by atoms with Crippen molar-refractivity contribution in [3.05, 3.63) is 65.0 Å². The Labute approximate surface area is 139 Å². The Balaban J connectivity index is 1.90. The molecule has 0 aliphatic carbocycles. The first-order valence-electron chi connectivity index (χ1n) is 7.36. The SMILES string of the molecule is N#CCOc1cccc(CC(=O)NCc2ccc(F)c(CO)c2)c1. The van der Waals surface area contributed by atoms with Crippen LogP contribution >= 0.6 is 0 Å². The Morgan fingerprint density at radius 1 is 1.25 bits per heavy atom. The first kappa shape index (κ1) is 17.4. The minimum Gasteiger partial charge on any atom is -0.479 e. The quantitative estimate of drug-likeness (QED) is 0.815. The van der Waals surface area contributed by atoms with Gasteiger partial charge in [-0.3, -0.25) is 4.79 Å². The number of aliphatic hydroxyl groups is 1. The second kappa shape index (κ2) is 8.65. The molecule has 6 heteroatoms. The molecule has 0 saturated carbocycles. The summed E-state index contributed by atoms with van der Waals surface area (Å²) in [6, 6.07) is 13.2. The van der Waals surface area contributed by atoms with E-state index < -0.39 is 5.82 Å². The lowest BCUT2D eigenvalue weighted by Crippen LogP contribution is -2.24. The third-order valence-corrected chi connectivity index (χ3v) is 3.34. The Hall–Kier alpha value is -2.91. The van der Waals surface area contributed by atoms with E-state index in [0.29, 0.717) is 11.3 Å². The van der Waals surface area contributed by atoms with Crippen LogP contribution in [0.1, 0.15) is 16.7 Å². The van der Waals surface area contributed by atoms with E-state index in [0.717, 1.165) is 5.56 Å². The number of aliphatic hydroxyl groups excluding tert-OH is 1. The van der Waals surface area contributed by atoms with Gasteiger partial charge in [-0.05, 0) is 35.4 Å². The van der Waals surface area contributed by atoms with Crippen LogP contribution in [0.25, 0.3) is 0 Å². The molecule has 0 aliphatic heterocycles. The molecule has 2 N–H and O–H groups in total. The number of rotatable bonds is 7.